The fraction of sp³-hybridized carbons (Fsp3) is 0.263. The number of hydrogen-bond donors (Lipinski definition) is 0. The van der Waals surface area contributed by atoms with E-state index in [2.05, 4.69) is 16.8 Å². The van der Waals surface area contributed by atoms with Crippen LogP contribution in [0.25, 0.3) is 22.2 Å². The molecule has 0 atom stereocenters. The molecule has 2 heterocycles. The number of likely N-dealkylation sites (N-methyl/N-ethyl adjacent to an activating group) is 1. The van der Waals surface area contributed by atoms with Gasteiger partial charge in [0.1, 0.15) is 5.82 Å². The van der Waals surface area contributed by atoms with Crippen molar-refractivity contribution >= 4 is 16.9 Å². The van der Waals surface area contributed by atoms with Crippen LogP contribution >= 0.6 is 0 Å². The van der Waals surface area contributed by atoms with Crippen molar-refractivity contribution in [2.24, 2.45) is 0 Å². The van der Waals surface area contributed by atoms with E-state index in [0.29, 0.717) is 0 Å². The first kappa shape index (κ1) is 15.0. The number of para-hydroxylation sites is 1. The Kier molecular flexibility index (Phi) is 3.86. The molecule has 0 saturated carbocycles. The summed E-state index contributed by atoms with van der Waals surface area (Å²) >= 11 is 0. The number of nitrogens with zero attached hydrogens (tertiary/aromatic N) is 4. The van der Waals surface area contributed by atoms with Gasteiger partial charge < -0.3 is 9.80 Å². The number of fused-ring (bicyclic) bond motifs is 1. The maximum Gasteiger partial charge on any atom is 0.226 e. The van der Waals surface area contributed by atoms with Crippen molar-refractivity contribution in [2.75, 3.05) is 38.1 Å². The third-order valence-corrected chi connectivity index (χ3v) is 4.50. The number of anilines is 1. The highest BCUT2D eigenvalue weighted by molar-refractivity contribution is 5.93. The van der Waals surface area contributed by atoms with Crippen molar-refractivity contribution in [1.82, 2.24) is 14.9 Å². The molecule has 1 aliphatic rings. The first-order valence-corrected chi connectivity index (χ1v) is 8.17. The summed E-state index contributed by atoms with van der Waals surface area (Å²) in [5, 5.41) is 0.988. The van der Waals surface area contributed by atoms with Crippen molar-refractivity contribution in [3.8, 4) is 11.3 Å². The summed E-state index contributed by atoms with van der Waals surface area (Å²) in [5.41, 5.74) is 2.68. The Balaban J connectivity index is 1.83. The zero-order chi connectivity index (χ0) is 16.5. The van der Waals surface area contributed by atoms with Crippen LogP contribution in [0.15, 0.2) is 48.5 Å². The van der Waals surface area contributed by atoms with Crippen molar-refractivity contribution in [1.29, 1.82) is 0 Å². The molecule has 4 rings (SSSR count). The minimum Gasteiger partial charge on any atom is -0.338 e. The van der Waals surface area contributed by atoms with Gasteiger partial charge >= 0.3 is 0 Å². The molecule has 0 N–H and O–H groups in total. The molecule has 1 aliphatic heterocycles. The Bertz CT molecular complexity index is 855. The van der Waals surface area contributed by atoms with Crippen molar-refractivity contribution < 1.29 is 4.39 Å². The SMILES string of the molecule is CN1CCN(c2nc(-c3ccc(F)cc3)c3ccccc3n2)CC1. The van der Waals surface area contributed by atoms with Gasteiger partial charge in [-0.1, -0.05) is 18.2 Å². The normalized spacial score (nSPS) is 15.8. The van der Waals surface area contributed by atoms with Gasteiger partial charge in [0.2, 0.25) is 5.95 Å². The Hall–Kier alpha value is -2.53. The lowest BCUT2D eigenvalue weighted by Crippen LogP contribution is -2.45. The van der Waals surface area contributed by atoms with Crippen molar-refractivity contribution in [3.63, 3.8) is 0 Å². The fourth-order valence-corrected chi connectivity index (χ4v) is 3.04. The van der Waals surface area contributed by atoms with Crippen LogP contribution in [-0.4, -0.2) is 48.1 Å². The lowest BCUT2D eigenvalue weighted by Gasteiger charge is -2.32. The minimum absolute atomic E-state index is 0.239. The average molecular weight is 322 g/mol. The zero-order valence-corrected chi connectivity index (χ0v) is 13.6. The summed E-state index contributed by atoms with van der Waals surface area (Å²) in [6, 6.07) is 14.5. The Morgan fingerprint density at radius 3 is 2.33 bits per heavy atom. The first-order valence-electron chi connectivity index (χ1n) is 8.17. The standard InChI is InChI=1S/C19H19FN4/c1-23-10-12-24(13-11-23)19-21-17-5-3-2-4-16(17)18(22-19)14-6-8-15(20)9-7-14/h2-9H,10-13H2,1H3. The second-order valence-electron chi connectivity index (χ2n) is 6.19. The van der Waals surface area contributed by atoms with Crippen LogP contribution in [-0.2, 0) is 0 Å². The van der Waals surface area contributed by atoms with E-state index in [1.54, 1.807) is 12.1 Å². The number of hydrogen-bond acceptors (Lipinski definition) is 4. The highest BCUT2D eigenvalue weighted by Crippen LogP contribution is 2.28. The first-order chi connectivity index (χ1) is 11.7. The van der Waals surface area contributed by atoms with E-state index < -0.39 is 0 Å². The van der Waals surface area contributed by atoms with E-state index in [1.807, 2.05) is 24.3 Å². The average Bonchev–Trinajstić information content (AvgIpc) is 2.62. The van der Waals surface area contributed by atoms with Gasteiger partial charge in [-0.3, -0.25) is 0 Å². The Labute approximate surface area is 140 Å². The summed E-state index contributed by atoms with van der Waals surface area (Å²) in [5.74, 6) is 0.512. The zero-order valence-electron chi connectivity index (χ0n) is 13.6. The molecule has 0 aliphatic carbocycles. The second kappa shape index (κ2) is 6.17. The molecule has 1 saturated heterocycles. The molecule has 2 aromatic carbocycles. The number of rotatable bonds is 2. The van der Waals surface area contributed by atoms with Crippen LogP contribution in [0.4, 0.5) is 10.3 Å². The van der Waals surface area contributed by atoms with E-state index in [4.69, 9.17) is 9.97 Å². The van der Waals surface area contributed by atoms with Gasteiger partial charge in [0, 0.05) is 37.1 Å². The summed E-state index contributed by atoms with van der Waals surface area (Å²) in [6.07, 6.45) is 0. The highest BCUT2D eigenvalue weighted by Gasteiger charge is 2.18. The number of aromatic nitrogens is 2. The molecule has 0 radical (unpaired) electrons. The third-order valence-electron chi connectivity index (χ3n) is 4.50. The van der Waals surface area contributed by atoms with Crippen LogP contribution in [0.1, 0.15) is 0 Å². The molecule has 0 bridgehead atoms. The molecular weight excluding hydrogens is 303 g/mol. The van der Waals surface area contributed by atoms with Gasteiger partial charge in [-0.15, -0.1) is 0 Å². The molecule has 0 unspecified atom stereocenters. The van der Waals surface area contributed by atoms with Crippen LogP contribution in [0.2, 0.25) is 0 Å². The topological polar surface area (TPSA) is 32.3 Å². The van der Waals surface area contributed by atoms with Crippen LogP contribution < -0.4 is 4.90 Å². The molecule has 0 spiro atoms. The van der Waals surface area contributed by atoms with E-state index >= 15 is 0 Å². The molecule has 5 heteroatoms. The van der Waals surface area contributed by atoms with Gasteiger partial charge in [0.15, 0.2) is 0 Å². The Morgan fingerprint density at radius 1 is 0.875 bits per heavy atom. The quantitative estimate of drug-likeness (QED) is 0.725. The molecule has 24 heavy (non-hydrogen) atoms. The predicted molar refractivity (Wildman–Crippen MR) is 94.6 cm³/mol. The van der Waals surface area contributed by atoms with Gasteiger partial charge in [0.25, 0.3) is 0 Å². The van der Waals surface area contributed by atoms with Crippen molar-refractivity contribution in [2.45, 2.75) is 0 Å². The number of piperazine rings is 1. The van der Waals surface area contributed by atoms with Gasteiger partial charge in [0.05, 0.1) is 11.2 Å². The van der Waals surface area contributed by atoms with Crippen LogP contribution in [0, 0.1) is 5.82 Å². The molecule has 1 aromatic heterocycles. The van der Waals surface area contributed by atoms with Gasteiger partial charge in [-0.25, -0.2) is 14.4 Å². The molecule has 1 fully saturated rings. The smallest absolute Gasteiger partial charge is 0.226 e. The number of halogens is 1. The van der Waals surface area contributed by atoms with Crippen LogP contribution in [0.3, 0.4) is 0 Å². The lowest BCUT2D eigenvalue weighted by molar-refractivity contribution is 0.311. The summed E-state index contributed by atoms with van der Waals surface area (Å²) in [6.45, 7) is 3.83. The van der Waals surface area contributed by atoms with Gasteiger partial charge in [-0.05, 0) is 37.4 Å². The molecule has 122 valence electrons. The largest absolute Gasteiger partial charge is 0.338 e. The van der Waals surface area contributed by atoms with E-state index in [-0.39, 0.29) is 5.82 Å². The fourth-order valence-electron chi connectivity index (χ4n) is 3.04. The monoisotopic (exact) mass is 322 g/mol. The summed E-state index contributed by atoms with van der Waals surface area (Å²) in [7, 11) is 2.13. The predicted octanol–water partition coefficient (Wildman–Crippen LogP) is 3.19. The molecule has 3 aromatic rings. The molecule has 4 nitrogen and oxygen atoms in total. The minimum atomic E-state index is -0.239. The van der Waals surface area contributed by atoms with Crippen LogP contribution in [0.5, 0.6) is 0 Å². The number of benzene rings is 2. The van der Waals surface area contributed by atoms with Crippen molar-refractivity contribution in [3.05, 3.63) is 54.3 Å². The highest BCUT2D eigenvalue weighted by atomic mass is 19.1. The molecule has 0 amide bonds. The molecular formula is C19H19FN4. The third kappa shape index (κ3) is 2.83. The van der Waals surface area contributed by atoms with E-state index in [9.17, 15) is 4.39 Å². The maximum absolute atomic E-state index is 13.3. The van der Waals surface area contributed by atoms with Gasteiger partial charge in [-0.2, -0.15) is 0 Å². The Morgan fingerprint density at radius 2 is 1.58 bits per heavy atom. The summed E-state index contributed by atoms with van der Waals surface area (Å²) < 4.78 is 13.3. The second-order valence-corrected chi connectivity index (χ2v) is 6.19. The maximum atomic E-state index is 13.3. The lowest BCUT2D eigenvalue weighted by atomic mass is 10.1. The van der Waals surface area contributed by atoms with E-state index in [1.165, 1.54) is 12.1 Å². The van der Waals surface area contributed by atoms with E-state index in [0.717, 1.165) is 54.3 Å². The summed E-state index contributed by atoms with van der Waals surface area (Å²) in [4.78, 5) is 14.1.